The summed E-state index contributed by atoms with van der Waals surface area (Å²) in [4.78, 5) is 8.69. The Labute approximate surface area is 131 Å². The molecule has 2 aromatic heterocycles. The van der Waals surface area contributed by atoms with E-state index in [4.69, 9.17) is 10.3 Å². The average molecular weight is 320 g/mol. The van der Waals surface area contributed by atoms with Crippen molar-refractivity contribution in [2.24, 2.45) is 0 Å². The molecule has 2 N–H and O–H groups in total. The highest BCUT2D eigenvalue weighted by atomic mass is 32.2. The molecule has 3 rings (SSSR count). The number of nitrogens with two attached hydrogens (primary N) is 1. The standard InChI is InChI=1S/C14H16N4OS2/c1-3-8(2)20-7-12-17-13(19-18-12)9-4-5-10-11(6-9)21-14(15)16-10/h4-6,8H,3,7H2,1-2H3,(H2,15,16). The van der Waals surface area contributed by atoms with Gasteiger partial charge in [-0.1, -0.05) is 30.3 Å². The summed E-state index contributed by atoms with van der Waals surface area (Å²) >= 11 is 3.29. The van der Waals surface area contributed by atoms with E-state index in [0.717, 1.165) is 33.8 Å². The van der Waals surface area contributed by atoms with Crippen molar-refractivity contribution >= 4 is 38.4 Å². The van der Waals surface area contributed by atoms with E-state index in [1.807, 2.05) is 30.0 Å². The Balaban J connectivity index is 1.80. The molecule has 7 heteroatoms. The first-order valence-corrected chi connectivity index (χ1v) is 8.63. The molecule has 5 nitrogen and oxygen atoms in total. The largest absolute Gasteiger partial charge is 0.375 e. The van der Waals surface area contributed by atoms with Gasteiger partial charge in [0.05, 0.1) is 16.0 Å². The van der Waals surface area contributed by atoms with Gasteiger partial charge in [0, 0.05) is 10.8 Å². The zero-order chi connectivity index (χ0) is 14.8. The number of nitrogen functional groups attached to an aromatic ring is 1. The Morgan fingerprint density at radius 2 is 2.24 bits per heavy atom. The molecule has 0 aliphatic rings. The fraction of sp³-hybridized carbons (Fsp3) is 0.357. The summed E-state index contributed by atoms with van der Waals surface area (Å²) in [7, 11) is 0. The summed E-state index contributed by atoms with van der Waals surface area (Å²) in [6, 6.07) is 5.85. The first-order valence-electron chi connectivity index (χ1n) is 6.76. The van der Waals surface area contributed by atoms with Crippen LogP contribution < -0.4 is 5.73 Å². The van der Waals surface area contributed by atoms with E-state index < -0.39 is 0 Å². The number of benzene rings is 1. The van der Waals surface area contributed by atoms with Crippen LogP contribution in [0.2, 0.25) is 0 Å². The molecule has 0 radical (unpaired) electrons. The summed E-state index contributed by atoms with van der Waals surface area (Å²) in [5, 5.41) is 5.21. The van der Waals surface area contributed by atoms with E-state index in [-0.39, 0.29) is 0 Å². The second kappa shape index (κ2) is 6.03. The number of fused-ring (bicyclic) bond motifs is 1. The maximum atomic E-state index is 5.72. The summed E-state index contributed by atoms with van der Waals surface area (Å²) < 4.78 is 6.38. The number of hydrogen-bond donors (Lipinski definition) is 1. The Kier molecular flexibility index (Phi) is 4.12. The quantitative estimate of drug-likeness (QED) is 0.766. The van der Waals surface area contributed by atoms with Crippen molar-refractivity contribution in [3.63, 3.8) is 0 Å². The van der Waals surface area contributed by atoms with Gasteiger partial charge < -0.3 is 10.3 Å². The van der Waals surface area contributed by atoms with Crippen molar-refractivity contribution in [2.45, 2.75) is 31.3 Å². The molecule has 0 saturated carbocycles. The first kappa shape index (κ1) is 14.3. The van der Waals surface area contributed by atoms with E-state index in [1.165, 1.54) is 11.3 Å². The van der Waals surface area contributed by atoms with Crippen molar-refractivity contribution in [3.8, 4) is 11.5 Å². The van der Waals surface area contributed by atoms with Crippen LogP contribution in [0.15, 0.2) is 22.7 Å². The third-order valence-corrected chi connectivity index (χ3v) is 5.37. The average Bonchev–Trinajstić information content (AvgIpc) is 3.08. The van der Waals surface area contributed by atoms with Crippen LogP contribution in [0.25, 0.3) is 21.7 Å². The molecular formula is C14H16N4OS2. The number of anilines is 1. The molecule has 1 aromatic carbocycles. The van der Waals surface area contributed by atoms with Crippen molar-refractivity contribution in [3.05, 3.63) is 24.0 Å². The molecule has 1 unspecified atom stereocenters. The lowest BCUT2D eigenvalue weighted by Gasteiger charge is -2.04. The van der Waals surface area contributed by atoms with E-state index >= 15 is 0 Å². The van der Waals surface area contributed by atoms with Crippen LogP contribution >= 0.6 is 23.1 Å². The summed E-state index contributed by atoms with van der Waals surface area (Å²) in [5.41, 5.74) is 7.52. The fourth-order valence-electron chi connectivity index (χ4n) is 1.84. The molecule has 0 aliphatic carbocycles. The second-order valence-corrected chi connectivity index (χ2v) is 7.27. The fourth-order valence-corrected chi connectivity index (χ4v) is 3.40. The molecule has 110 valence electrons. The minimum Gasteiger partial charge on any atom is -0.375 e. The van der Waals surface area contributed by atoms with Gasteiger partial charge in [0.25, 0.3) is 5.89 Å². The van der Waals surface area contributed by atoms with Gasteiger partial charge in [-0.25, -0.2) is 4.98 Å². The highest BCUT2D eigenvalue weighted by Crippen LogP contribution is 2.29. The van der Waals surface area contributed by atoms with Gasteiger partial charge in [0.2, 0.25) is 0 Å². The molecule has 0 aliphatic heterocycles. The number of hydrogen-bond acceptors (Lipinski definition) is 7. The Hall–Kier alpha value is -1.60. The van der Waals surface area contributed by atoms with Crippen LogP contribution in [0.5, 0.6) is 0 Å². The molecule has 0 spiro atoms. The molecule has 0 fully saturated rings. The minimum absolute atomic E-state index is 0.545. The molecule has 21 heavy (non-hydrogen) atoms. The van der Waals surface area contributed by atoms with Crippen LogP contribution in [0, 0.1) is 0 Å². The monoisotopic (exact) mass is 320 g/mol. The highest BCUT2D eigenvalue weighted by molar-refractivity contribution is 7.99. The normalized spacial score (nSPS) is 12.9. The maximum Gasteiger partial charge on any atom is 0.258 e. The predicted molar refractivity (Wildman–Crippen MR) is 88.4 cm³/mol. The van der Waals surface area contributed by atoms with E-state index in [2.05, 4.69) is 29.0 Å². The zero-order valence-electron chi connectivity index (χ0n) is 11.9. The number of aromatic nitrogens is 3. The van der Waals surface area contributed by atoms with Gasteiger partial charge in [-0.15, -0.1) is 0 Å². The molecule has 0 saturated heterocycles. The minimum atomic E-state index is 0.545. The first-order chi connectivity index (χ1) is 10.2. The number of thiazole rings is 1. The van der Waals surface area contributed by atoms with Crippen LogP contribution in [-0.4, -0.2) is 20.4 Å². The topological polar surface area (TPSA) is 77.8 Å². The van der Waals surface area contributed by atoms with Gasteiger partial charge in [-0.2, -0.15) is 16.7 Å². The lowest BCUT2D eigenvalue weighted by Crippen LogP contribution is -1.94. The Bertz CT molecular complexity index is 752. The second-order valence-electron chi connectivity index (χ2n) is 4.78. The van der Waals surface area contributed by atoms with Crippen LogP contribution in [-0.2, 0) is 5.75 Å². The van der Waals surface area contributed by atoms with Crippen LogP contribution in [0.3, 0.4) is 0 Å². The van der Waals surface area contributed by atoms with Gasteiger partial charge in [0.15, 0.2) is 11.0 Å². The molecule has 0 amide bonds. The smallest absolute Gasteiger partial charge is 0.258 e. The van der Waals surface area contributed by atoms with E-state index in [1.54, 1.807) is 0 Å². The molecule has 3 aromatic rings. The molecule has 2 heterocycles. The summed E-state index contributed by atoms with van der Waals surface area (Å²) in [6.45, 7) is 4.38. The van der Waals surface area contributed by atoms with Crippen molar-refractivity contribution in [1.82, 2.24) is 15.1 Å². The summed E-state index contributed by atoms with van der Waals surface area (Å²) in [5.74, 6) is 2.05. The Morgan fingerprint density at radius 3 is 3.05 bits per heavy atom. The Morgan fingerprint density at radius 1 is 1.38 bits per heavy atom. The zero-order valence-corrected chi connectivity index (χ0v) is 13.5. The molecule has 1 atom stereocenters. The van der Waals surface area contributed by atoms with Gasteiger partial charge in [0.1, 0.15) is 0 Å². The maximum absolute atomic E-state index is 5.72. The number of thioether (sulfide) groups is 1. The van der Waals surface area contributed by atoms with Crippen molar-refractivity contribution in [1.29, 1.82) is 0 Å². The van der Waals surface area contributed by atoms with E-state index in [0.29, 0.717) is 16.3 Å². The van der Waals surface area contributed by atoms with Crippen LogP contribution in [0.4, 0.5) is 5.13 Å². The lowest BCUT2D eigenvalue weighted by molar-refractivity contribution is 0.425. The van der Waals surface area contributed by atoms with Crippen molar-refractivity contribution in [2.75, 3.05) is 5.73 Å². The van der Waals surface area contributed by atoms with Gasteiger partial charge >= 0.3 is 0 Å². The summed E-state index contributed by atoms with van der Waals surface area (Å²) in [6.07, 6.45) is 1.14. The number of nitrogens with zero attached hydrogens (tertiary/aromatic N) is 3. The van der Waals surface area contributed by atoms with Gasteiger partial charge in [-0.05, 0) is 24.6 Å². The highest BCUT2D eigenvalue weighted by Gasteiger charge is 2.11. The SMILES string of the molecule is CCC(C)SCc1noc(-c2ccc3nc(N)sc3c2)n1. The van der Waals surface area contributed by atoms with Crippen LogP contribution in [0.1, 0.15) is 26.1 Å². The predicted octanol–water partition coefficient (Wildman–Crippen LogP) is 3.96. The third-order valence-electron chi connectivity index (χ3n) is 3.19. The van der Waals surface area contributed by atoms with Crippen molar-refractivity contribution < 1.29 is 4.52 Å². The third kappa shape index (κ3) is 3.19. The van der Waals surface area contributed by atoms with Gasteiger partial charge in [-0.3, -0.25) is 0 Å². The molecule has 0 bridgehead atoms. The lowest BCUT2D eigenvalue weighted by atomic mass is 10.2. The van der Waals surface area contributed by atoms with E-state index in [9.17, 15) is 0 Å². The number of rotatable bonds is 5. The molecular weight excluding hydrogens is 304 g/mol.